The molecule has 2 N–H and O–H groups in total. The van der Waals surface area contributed by atoms with Gasteiger partial charge in [0.2, 0.25) is 0 Å². The molecule has 2 aromatic heterocycles. The van der Waals surface area contributed by atoms with Crippen LogP contribution < -0.4 is 5.32 Å². The van der Waals surface area contributed by atoms with Crippen LogP contribution in [-0.2, 0) is 13.0 Å². The molecule has 0 bridgehead atoms. The number of carbonyl (C=O) groups is 1. The molecular formula is C11H11N3O2. The van der Waals surface area contributed by atoms with Crippen LogP contribution in [-0.4, -0.2) is 22.3 Å². The van der Waals surface area contributed by atoms with Crippen molar-refractivity contribution in [1.29, 1.82) is 0 Å². The number of fused-ring (bicyclic) bond motifs is 1. The summed E-state index contributed by atoms with van der Waals surface area (Å²) < 4.78 is 5.24. The second-order valence-electron chi connectivity index (χ2n) is 3.79. The summed E-state index contributed by atoms with van der Waals surface area (Å²) in [5.41, 5.74) is 1.44. The highest BCUT2D eigenvalue weighted by molar-refractivity contribution is 5.97. The number of Topliss-reactive ketones (excluding diaryl/α,β-unsaturated/α-hetero) is 1. The molecule has 1 aliphatic rings. The lowest BCUT2D eigenvalue weighted by Gasteiger charge is -2.08. The molecule has 0 fully saturated rings. The van der Waals surface area contributed by atoms with E-state index in [1.165, 1.54) is 0 Å². The van der Waals surface area contributed by atoms with Gasteiger partial charge in [0.05, 0.1) is 24.9 Å². The highest BCUT2D eigenvalue weighted by Crippen LogP contribution is 2.13. The average molecular weight is 217 g/mol. The van der Waals surface area contributed by atoms with Gasteiger partial charge in [0, 0.05) is 6.54 Å². The lowest BCUT2D eigenvalue weighted by molar-refractivity contribution is 0.0977. The molecule has 2 aromatic rings. The van der Waals surface area contributed by atoms with E-state index in [1.807, 2.05) is 12.1 Å². The Labute approximate surface area is 91.9 Å². The van der Waals surface area contributed by atoms with E-state index in [-0.39, 0.29) is 5.78 Å². The highest BCUT2D eigenvalue weighted by Gasteiger charge is 2.21. The monoisotopic (exact) mass is 217 g/mol. The first-order valence-electron chi connectivity index (χ1n) is 5.17. The van der Waals surface area contributed by atoms with Crippen molar-refractivity contribution in [2.45, 2.75) is 13.0 Å². The smallest absolute Gasteiger partial charge is 0.196 e. The van der Waals surface area contributed by atoms with Crippen LogP contribution in [0.15, 0.2) is 22.8 Å². The van der Waals surface area contributed by atoms with Gasteiger partial charge in [-0.2, -0.15) is 0 Å². The van der Waals surface area contributed by atoms with Gasteiger partial charge in [-0.25, -0.2) is 4.98 Å². The number of furan rings is 1. The summed E-state index contributed by atoms with van der Waals surface area (Å²) in [6, 6.07) is 3.73. The summed E-state index contributed by atoms with van der Waals surface area (Å²) in [7, 11) is 0. The van der Waals surface area contributed by atoms with Crippen molar-refractivity contribution in [3.63, 3.8) is 0 Å². The van der Waals surface area contributed by atoms with E-state index in [0.29, 0.717) is 25.2 Å². The van der Waals surface area contributed by atoms with Crippen molar-refractivity contribution in [3.05, 3.63) is 41.4 Å². The molecule has 16 heavy (non-hydrogen) atoms. The molecule has 0 unspecified atom stereocenters. The number of hydrogen-bond donors (Lipinski definition) is 2. The molecule has 5 nitrogen and oxygen atoms in total. The molecule has 82 valence electrons. The SMILES string of the molecule is O=C1CNCc2[nH]c(Cc3ccco3)nc21. The number of H-pyrrole nitrogens is 1. The number of aromatic nitrogens is 2. The van der Waals surface area contributed by atoms with Gasteiger partial charge < -0.3 is 14.7 Å². The van der Waals surface area contributed by atoms with Gasteiger partial charge in [-0.3, -0.25) is 4.79 Å². The number of aromatic amines is 1. The summed E-state index contributed by atoms with van der Waals surface area (Å²) in [4.78, 5) is 19.0. The van der Waals surface area contributed by atoms with E-state index in [9.17, 15) is 4.79 Å². The van der Waals surface area contributed by atoms with Gasteiger partial charge in [0.1, 0.15) is 17.3 Å². The van der Waals surface area contributed by atoms with Crippen molar-refractivity contribution in [1.82, 2.24) is 15.3 Å². The number of nitrogens with zero attached hydrogens (tertiary/aromatic N) is 1. The summed E-state index contributed by atoms with van der Waals surface area (Å²) >= 11 is 0. The van der Waals surface area contributed by atoms with Gasteiger partial charge in [0.15, 0.2) is 5.78 Å². The predicted molar refractivity (Wildman–Crippen MR) is 56.1 cm³/mol. The minimum absolute atomic E-state index is 0.0446. The Morgan fingerprint density at radius 1 is 1.44 bits per heavy atom. The van der Waals surface area contributed by atoms with Crippen LogP contribution in [0, 0.1) is 0 Å². The van der Waals surface area contributed by atoms with Crippen molar-refractivity contribution in [2.24, 2.45) is 0 Å². The molecule has 0 atom stereocenters. The van der Waals surface area contributed by atoms with Crippen LogP contribution >= 0.6 is 0 Å². The fourth-order valence-corrected chi connectivity index (χ4v) is 1.87. The number of ketones is 1. The molecule has 3 heterocycles. The Bertz CT molecular complexity index is 513. The highest BCUT2D eigenvalue weighted by atomic mass is 16.3. The van der Waals surface area contributed by atoms with E-state index in [0.717, 1.165) is 17.3 Å². The fraction of sp³-hybridized carbons (Fsp3) is 0.273. The second-order valence-corrected chi connectivity index (χ2v) is 3.79. The van der Waals surface area contributed by atoms with Gasteiger partial charge in [-0.1, -0.05) is 0 Å². The van der Waals surface area contributed by atoms with E-state index >= 15 is 0 Å². The predicted octanol–water partition coefficient (Wildman–Crippen LogP) is 0.879. The van der Waals surface area contributed by atoms with Crippen molar-refractivity contribution in [2.75, 3.05) is 6.54 Å². The number of carbonyl (C=O) groups excluding carboxylic acids is 1. The third kappa shape index (κ3) is 1.55. The normalized spacial score (nSPS) is 15.1. The van der Waals surface area contributed by atoms with Gasteiger partial charge in [-0.05, 0) is 12.1 Å². The quantitative estimate of drug-likeness (QED) is 0.783. The number of nitrogens with one attached hydrogen (secondary N) is 2. The summed E-state index contributed by atoms with van der Waals surface area (Å²) in [6.07, 6.45) is 2.22. The molecule has 1 aliphatic heterocycles. The van der Waals surface area contributed by atoms with Gasteiger partial charge >= 0.3 is 0 Å². The van der Waals surface area contributed by atoms with Gasteiger partial charge in [0.25, 0.3) is 0 Å². The summed E-state index contributed by atoms with van der Waals surface area (Å²) in [5, 5.41) is 3.02. The number of imidazole rings is 1. The van der Waals surface area contributed by atoms with E-state index in [1.54, 1.807) is 6.26 Å². The molecule has 5 heteroatoms. The summed E-state index contributed by atoms with van der Waals surface area (Å²) in [6.45, 7) is 1.05. The van der Waals surface area contributed by atoms with Crippen LogP contribution in [0.25, 0.3) is 0 Å². The van der Waals surface area contributed by atoms with E-state index < -0.39 is 0 Å². The molecule has 0 radical (unpaired) electrons. The van der Waals surface area contributed by atoms with Crippen LogP contribution in [0.1, 0.15) is 27.8 Å². The van der Waals surface area contributed by atoms with Crippen molar-refractivity contribution in [3.8, 4) is 0 Å². The molecule has 0 saturated heterocycles. The Hall–Kier alpha value is -1.88. The molecule has 3 rings (SSSR count). The lowest BCUT2D eigenvalue weighted by atomic mass is 10.2. The minimum atomic E-state index is 0.0446. The minimum Gasteiger partial charge on any atom is -0.469 e. The zero-order valence-electron chi connectivity index (χ0n) is 8.62. The fourth-order valence-electron chi connectivity index (χ4n) is 1.87. The molecule has 0 aromatic carbocycles. The number of hydrogen-bond acceptors (Lipinski definition) is 4. The molecular weight excluding hydrogens is 206 g/mol. The van der Waals surface area contributed by atoms with E-state index in [4.69, 9.17) is 4.42 Å². The maximum atomic E-state index is 11.5. The first-order valence-corrected chi connectivity index (χ1v) is 5.17. The Morgan fingerprint density at radius 2 is 2.38 bits per heavy atom. The standard InChI is InChI=1S/C11H11N3O2/c15-9-6-12-5-8-11(9)14-10(13-8)4-7-2-1-3-16-7/h1-3,12H,4-6H2,(H,13,14). The maximum Gasteiger partial charge on any atom is 0.196 e. The average Bonchev–Trinajstić information content (AvgIpc) is 2.88. The van der Waals surface area contributed by atoms with Crippen LogP contribution in [0.4, 0.5) is 0 Å². The van der Waals surface area contributed by atoms with Crippen molar-refractivity contribution >= 4 is 5.78 Å². The molecule has 0 aliphatic carbocycles. The Kier molecular flexibility index (Phi) is 2.11. The molecule has 0 spiro atoms. The molecule has 0 saturated carbocycles. The van der Waals surface area contributed by atoms with Crippen LogP contribution in [0.5, 0.6) is 0 Å². The lowest BCUT2D eigenvalue weighted by Crippen LogP contribution is -2.29. The topological polar surface area (TPSA) is 70.9 Å². The second kappa shape index (κ2) is 3.61. The summed E-state index contributed by atoms with van der Waals surface area (Å²) in [5.74, 6) is 1.66. The third-order valence-electron chi connectivity index (χ3n) is 2.60. The van der Waals surface area contributed by atoms with Crippen LogP contribution in [0.2, 0.25) is 0 Å². The van der Waals surface area contributed by atoms with Crippen LogP contribution in [0.3, 0.4) is 0 Å². The van der Waals surface area contributed by atoms with Crippen molar-refractivity contribution < 1.29 is 9.21 Å². The largest absolute Gasteiger partial charge is 0.469 e. The number of rotatable bonds is 2. The first-order chi connectivity index (χ1) is 7.83. The zero-order valence-corrected chi connectivity index (χ0v) is 8.62. The van der Waals surface area contributed by atoms with E-state index in [2.05, 4.69) is 15.3 Å². The molecule has 0 amide bonds. The third-order valence-corrected chi connectivity index (χ3v) is 2.60. The first kappa shape index (κ1) is 9.35. The Morgan fingerprint density at radius 3 is 3.12 bits per heavy atom. The Balaban J connectivity index is 1.89. The zero-order chi connectivity index (χ0) is 11.0. The maximum absolute atomic E-state index is 11.5. The van der Waals surface area contributed by atoms with Gasteiger partial charge in [-0.15, -0.1) is 0 Å².